The standard InChI is InChI=1S/C22H40O4/c1-4-5-7-11-20(12-9-6-8-10-17(2)3)26-22(25)19-15-13-18(14-16-19)21(23)24/h17-20H,4-16H2,1-3H3,(H,23,24). The first-order valence-corrected chi connectivity index (χ1v) is 10.9. The Morgan fingerprint density at radius 1 is 0.885 bits per heavy atom. The molecule has 1 unspecified atom stereocenters. The molecule has 0 amide bonds. The molecule has 0 saturated heterocycles. The Balaban J connectivity index is 2.37. The van der Waals surface area contributed by atoms with Gasteiger partial charge in [-0.2, -0.15) is 0 Å². The Morgan fingerprint density at radius 2 is 1.42 bits per heavy atom. The van der Waals surface area contributed by atoms with Gasteiger partial charge in [-0.1, -0.05) is 52.9 Å². The topological polar surface area (TPSA) is 63.6 Å². The van der Waals surface area contributed by atoms with Crippen molar-refractivity contribution in [3.05, 3.63) is 0 Å². The van der Waals surface area contributed by atoms with Gasteiger partial charge in [0, 0.05) is 0 Å². The molecule has 1 atom stereocenters. The van der Waals surface area contributed by atoms with Crippen molar-refractivity contribution < 1.29 is 19.4 Å². The average molecular weight is 369 g/mol. The zero-order valence-corrected chi connectivity index (χ0v) is 17.2. The molecule has 1 aliphatic carbocycles. The van der Waals surface area contributed by atoms with Crippen LogP contribution in [0.1, 0.15) is 104 Å². The molecule has 1 fully saturated rings. The normalized spacial score (nSPS) is 21.5. The van der Waals surface area contributed by atoms with Crippen LogP contribution in [-0.4, -0.2) is 23.1 Å². The fraction of sp³-hybridized carbons (Fsp3) is 0.909. The highest BCUT2D eigenvalue weighted by Crippen LogP contribution is 2.30. The van der Waals surface area contributed by atoms with Crippen LogP contribution in [0.5, 0.6) is 0 Å². The molecular formula is C22H40O4. The highest BCUT2D eigenvalue weighted by Gasteiger charge is 2.31. The van der Waals surface area contributed by atoms with E-state index in [4.69, 9.17) is 9.84 Å². The number of rotatable bonds is 13. The van der Waals surface area contributed by atoms with Crippen LogP contribution >= 0.6 is 0 Å². The van der Waals surface area contributed by atoms with Crippen LogP contribution in [0, 0.1) is 17.8 Å². The van der Waals surface area contributed by atoms with Gasteiger partial charge in [-0.15, -0.1) is 0 Å². The molecular weight excluding hydrogens is 328 g/mol. The molecule has 0 aromatic carbocycles. The Bertz CT molecular complexity index is 397. The third-order valence-electron chi connectivity index (χ3n) is 5.63. The highest BCUT2D eigenvalue weighted by molar-refractivity contribution is 5.74. The molecule has 0 spiro atoms. The SMILES string of the molecule is CCCCCC(CCCCCC(C)C)OC(=O)C1CCC(C(=O)O)CC1. The Morgan fingerprint density at radius 3 is 1.96 bits per heavy atom. The zero-order chi connectivity index (χ0) is 19.4. The summed E-state index contributed by atoms with van der Waals surface area (Å²) in [6.45, 7) is 6.71. The molecule has 152 valence electrons. The lowest BCUT2D eigenvalue weighted by Crippen LogP contribution is -2.29. The predicted molar refractivity (Wildman–Crippen MR) is 105 cm³/mol. The molecule has 4 heteroatoms. The summed E-state index contributed by atoms with van der Waals surface area (Å²) in [5.74, 6) is -0.428. The third kappa shape index (κ3) is 9.59. The van der Waals surface area contributed by atoms with Crippen molar-refractivity contribution in [3.8, 4) is 0 Å². The summed E-state index contributed by atoms with van der Waals surface area (Å²) in [4.78, 5) is 23.6. The number of unbranched alkanes of at least 4 members (excludes halogenated alkanes) is 4. The summed E-state index contributed by atoms with van der Waals surface area (Å²) < 4.78 is 5.87. The molecule has 0 bridgehead atoms. The number of carbonyl (C=O) groups is 2. The summed E-state index contributed by atoms with van der Waals surface area (Å²) in [6.07, 6.45) is 12.8. The van der Waals surface area contributed by atoms with E-state index in [0.29, 0.717) is 25.7 Å². The minimum absolute atomic E-state index is 0.0466. The molecule has 0 radical (unpaired) electrons. The number of hydrogen-bond acceptors (Lipinski definition) is 3. The van der Waals surface area contributed by atoms with Crippen LogP contribution in [0.15, 0.2) is 0 Å². The van der Waals surface area contributed by atoms with Gasteiger partial charge in [0.2, 0.25) is 0 Å². The van der Waals surface area contributed by atoms with Gasteiger partial charge in [-0.05, 0) is 57.3 Å². The number of carboxylic acid groups (broad SMARTS) is 1. The van der Waals surface area contributed by atoms with Crippen LogP contribution in [0.25, 0.3) is 0 Å². The van der Waals surface area contributed by atoms with Crippen molar-refractivity contribution in [1.29, 1.82) is 0 Å². The zero-order valence-electron chi connectivity index (χ0n) is 17.2. The predicted octanol–water partition coefficient (Wildman–Crippen LogP) is 5.98. The number of esters is 1. The molecule has 1 aliphatic rings. The lowest BCUT2D eigenvalue weighted by Gasteiger charge is -2.27. The summed E-state index contributed by atoms with van der Waals surface area (Å²) >= 11 is 0. The lowest BCUT2D eigenvalue weighted by molar-refractivity contribution is -0.158. The van der Waals surface area contributed by atoms with E-state index in [-0.39, 0.29) is 23.9 Å². The van der Waals surface area contributed by atoms with Gasteiger partial charge >= 0.3 is 11.9 Å². The van der Waals surface area contributed by atoms with Gasteiger partial charge in [-0.3, -0.25) is 9.59 Å². The average Bonchev–Trinajstić information content (AvgIpc) is 2.61. The molecule has 1 saturated carbocycles. The summed E-state index contributed by atoms with van der Waals surface area (Å²) in [6, 6.07) is 0. The maximum Gasteiger partial charge on any atom is 0.309 e. The fourth-order valence-corrected chi connectivity index (χ4v) is 3.82. The number of aliphatic carboxylic acids is 1. The first-order chi connectivity index (χ1) is 12.4. The minimum Gasteiger partial charge on any atom is -0.481 e. The molecule has 4 nitrogen and oxygen atoms in total. The van der Waals surface area contributed by atoms with Crippen molar-refractivity contribution in [2.75, 3.05) is 0 Å². The van der Waals surface area contributed by atoms with Crippen molar-refractivity contribution in [2.45, 2.75) is 110 Å². The van der Waals surface area contributed by atoms with Crippen molar-refractivity contribution in [3.63, 3.8) is 0 Å². The maximum atomic E-state index is 12.5. The Kier molecular flexibility index (Phi) is 11.6. The third-order valence-corrected chi connectivity index (χ3v) is 5.63. The van der Waals surface area contributed by atoms with Crippen LogP contribution in [0.2, 0.25) is 0 Å². The van der Waals surface area contributed by atoms with Gasteiger partial charge in [0.1, 0.15) is 6.10 Å². The van der Waals surface area contributed by atoms with E-state index in [1.165, 1.54) is 32.1 Å². The van der Waals surface area contributed by atoms with Crippen LogP contribution in [-0.2, 0) is 14.3 Å². The van der Waals surface area contributed by atoms with Crippen molar-refractivity contribution in [2.24, 2.45) is 17.8 Å². The molecule has 1 N–H and O–H groups in total. The van der Waals surface area contributed by atoms with Gasteiger partial charge in [0.05, 0.1) is 11.8 Å². The highest BCUT2D eigenvalue weighted by atomic mass is 16.5. The van der Waals surface area contributed by atoms with E-state index in [0.717, 1.165) is 31.6 Å². The quantitative estimate of drug-likeness (QED) is 0.321. The van der Waals surface area contributed by atoms with Gasteiger partial charge in [-0.25, -0.2) is 0 Å². The van der Waals surface area contributed by atoms with E-state index in [2.05, 4.69) is 20.8 Å². The van der Waals surface area contributed by atoms with Gasteiger partial charge < -0.3 is 9.84 Å². The lowest BCUT2D eigenvalue weighted by atomic mass is 9.82. The fourth-order valence-electron chi connectivity index (χ4n) is 3.82. The van der Waals surface area contributed by atoms with Crippen molar-refractivity contribution >= 4 is 11.9 Å². The monoisotopic (exact) mass is 368 g/mol. The number of carbonyl (C=O) groups excluding carboxylic acids is 1. The number of ether oxygens (including phenoxy) is 1. The molecule has 0 heterocycles. The molecule has 0 aromatic heterocycles. The second-order valence-corrected chi connectivity index (χ2v) is 8.47. The Hall–Kier alpha value is -1.06. The Labute approximate surface area is 160 Å². The van der Waals surface area contributed by atoms with Crippen LogP contribution < -0.4 is 0 Å². The van der Waals surface area contributed by atoms with Crippen molar-refractivity contribution in [1.82, 2.24) is 0 Å². The molecule has 1 rings (SSSR count). The maximum absolute atomic E-state index is 12.5. The van der Waals surface area contributed by atoms with E-state index < -0.39 is 5.97 Å². The first kappa shape index (κ1) is 23.0. The van der Waals surface area contributed by atoms with E-state index in [9.17, 15) is 9.59 Å². The summed E-state index contributed by atoms with van der Waals surface area (Å²) in [5.41, 5.74) is 0. The second kappa shape index (κ2) is 13.2. The minimum atomic E-state index is -0.726. The largest absolute Gasteiger partial charge is 0.481 e. The summed E-state index contributed by atoms with van der Waals surface area (Å²) in [5, 5.41) is 9.09. The van der Waals surface area contributed by atoms with E-state index >= 15 is 0 Å². The van der Waals surface area contributed by atoms with Gasteiger partial charge in [0.25, 0.3) is 0 Å². The van der Waals surface area contributed by atoms with Gasteiger partial charge in [0.15, 0.2) is 0 Å². The first-order valence-electron chi connectivity index (χ1n) is 10.9. The second-order valence-electron chi connectivity index (χ2n) is 8.47. The van der Waals surface area contributed by atoms with E-state index in [1.54, 1.807) is 0 Å². The number of carboxylic acids is 1. The van der Waals surface area contributed by atoms with Crippen LogP contribution in [0.3, 0.4) is 0 Å². The van der Waals surface area contributed by atoms with Crippen LogP contribution in [0.4, 0.5) is 0 Å². The van der Waals surface area contributed by atoms with E-state index in [1.807, 2.05) is 0 Å². The molecule has 26 heavy (non-hydrogen) atoms. The molecule has 0 aliphatic heterocycles. The molecule has 0 aromatic rings. The number of hydrogen-bond donors (Lipinski definition) is 1. The smallest absolute Gasteiger partial charge is 0.309 e. The summed E-state index contributed by atoms with van der Waals surface area (Å²) in [7, 11) is 0.